The topological polar surface area (TPSA) is 17.1 Å². The predicted octanol–water partition coefficient (Wildman–Crippen LogP) is 3.88. The number of ketones is 1. The van der Waals surface area contributed by atoms with E-state index in [4.69, 9.17) is 11.6 Å². The second kappa shape index (κ2) is 4.98. The summed E-state index contributed by atoms with van der Waals surface area (Å²) >= 11 is 5.46. The van der Waals surface area contributed by atoms with Crippen LogP contribution in [0.5, 0.6) is 0 Å². The van der Waals surface area contributed by atoms with Gasteiger partial charge in [0.2, 0.25) is 0 Å². The van der Waals surface area contributed by atoms with Crippen LogP contribution in [0.15, 0.2) is 23.3 Å². The Balaban J connectivity index is 2.90. The van der Waals surface area contributed by atoms with Crippen LogP contribution in [0.25, 0.3) is 0 Å². The van der Waals surface area contributed by atoms with Gasteiger partial charge in [-0.3, -0.25) is 4.79 Å². The Morgan fingerprint density at radius 2 is 2.20 bits per heavy atom. The van der Waals surface area contributed by atoms with E-state index < -0.39 is 0 Å². The van der Waals surface area contributed by atoms with Crippen molar-refractivity contribution in [2.75, 3.05) is 5.88 Å². The van der Waals surface area contributed by atoms with Crippen molar-refractivity contribution in [3.8, 4) is 0 Å². The zero-order valence-corrected chi connectivity index (χ0v) is 10.5. The highest BCUT2D eigenvalue weighted by molar-refractivity contribution is 6.29. The summed E-state index contributed by atoms with van der Waals surface area (Å²) in [5.41, 5.74) is 2.92. The molecule has 1 aliphatic carbocycles. The third-order valence-corrected chi connectivity index (χ3v) is 3.37. The molecule has 0 bridgehead atoms. The molecule has 0 radical (unpaired) electrons. The fourth-order valence-electron chi connectivity index (χ4n) is 2.23. The van der Waals surface area contributed by atoms with Crippen molar-refractivity contribution in [1.29, 1.82) is 0 Å². The number of rotatable bonds is 3. The van der Waals surface area contributed by atoms with Crippen molar-refractivity contribution in [1.82, 2.24) is 0 Å². The number of carbonyl (C=O) groups excluding carboxylic acids is 1. The van der Waals surface area contributed by atoms with Crippen LogP contribution in [-0.2, 0) is 4.79 Å². The molecule has 2 heteroatoms. The Kier molecular flexibility index (Phi) is 4.15. The average molecular weight is 227 g/mol. The van der Waals surface area contributed by atoms with Gasteiger partial charge < -0.3 is 0 Å². The molecule has 0 aliphatic heterocycles. The van der Waals surface area contributed by atoms with Crippen LogP contribution in [-0.4, -0.2) is 11.7 Å². The maximum atomic E-state index is 11.1. The van der Waals surface area contributed by atoms with Crippen LogP contribution in [0.2, 0.25) is 0 Å². The second-order valence-corrected chi connectivity index (χ2v) is 5.13. The Morgan fingerprint density at radius 1 is 1.53 bits per heavy atom. The minimum absolute atomic E-state index is 0.0154. The monoisotopic (exact) mass is 226 g/mol. The maximum absolute atomic E-state index is 11.1. The minimum atomic E-state index is -0.0154. The molecule has 0 fully saturated rings. The van der Waals surface area contributed by atoms with Crippen LogP contribution in [0.1, 0.15) is 40.0 Å². The highest BCUT2D eigenvalue weighted by Crippen LogP contribution is 2.40. The van der Waals surface area contributed by atoms with Crippen molar-refractivity contribution >= 4 is 17.4 Å². The Labute approximate surface area is 97.2 Å². The lowest BCUT2D eigenvalue weighted by Gasteiger charge is -2.32. The molecular formula is C13H19ClO. The van der Waals surface area contributed by atoms with E-state index in [2.05, 4.69) is 20.8 Å². The van der Waals surface area contributed by atoms with Crippen LogP contribution in [0.3, 0.4) is 0 Å². The average Bonchev–Trinajstić information content (AvgIpc) is 2.15. The molecule has 1 aliphatic rings. The lowest BCUT2D eigenvalue weighted by Crippen LogP contribution is -2.19. The molecule has 0 heterocycles. The molecule has 15 heavy (non-hydrogen) atoms. The van der Waals surface area contributed by atoms with Gasteiger partial charge in [0.05, 0.1) is 5.88 Å². The summed E-state index contributed by atoms with van der Waals surface area (Å²) in [7, 11) is 0. The van der Waals surface area contributed by atoms with Crippen molar-refractivity contribution in [3.05, 3.63) is 23.3 Å². The summed E-state index contributed by atoms with van der Waals surface area (Å²) in [4.78, 5) is 11.1. The molecule has 1 nitrogen and oxygen atoms in total. The smallest absolute Gasteiger partial charge is 0.170 e. The van der Waals surface area contributed by atoms with Gasteiger partial charge in [-0.2, -0.15) is 0 Å². The van der Waals surface area contributed by atoms with Crippen molar-refractivity contribution in [2.45, 2.75) is 40.0 Å². The molecule has 0 spiro atoms. The summed E-state index contributed by atoms with van der Waals surface area (Å²) in [5.74, 6) is 0.0572. The number of carbonyl (C=O) groups is 1. The van der Waals surface area contributed by atoms with Gasteiger partial charge in [0.15, 0.2) is 5.78 Å². The third kappa shape index (κ3) is 3.20. The number of alkyl halides is 1. The Morgan fingerprint density at radius 3 is 2.73 bits per heavy atom. The predicted molar refractivity (Wildman–Crippen MR) is 65.2 cm³/mol. The Bertz CT molecular complexity index is 310. The highest BCUT2D eigenvalue weighted by atomic mass is 35.5. The lowest BCUT2D eigenvalue weighted by molar-refractivity contribution is -0.112. The standard InChI is InChI=1S/C13H19ClO/c1-10-5-4-8-13(2,3)12(10)7-6-11(15)9-14/h6-7H,4-5,8-9H2,1-3H3/b7-6+. The molecular weight excluding hydrogens is 208 g/mol. The first kappa shape index (κ1) is 12.5. The van der Waals surface area contributed by atoms with Crippen LogP contribution in [0, 0.1) is 5.41 Å². The largest absolute Gasteiger partial charge is 0.294 e. The minimum Gasteiger partial charge on any atom is -0.294 e. The fraction of sp³-hybridized carbons (Fsp3) is 0.615. The van der Waals surface area contributed by atoms with E-state index in [-0.39, 0.29) is 17.1 Å². The number of allylic oxidation sites excluding steroid dienone is 4. The van der Waals surface area contributed by atoms with Gasteiger partial charge in [-0.1, -0.05) is 25.5 Å². The third-order valence-electron chi connectivity index (χ3n) is 3.11. The van der Waals surface area contributed by atoms with Gasteiger partial charge in [0, 0.05) is 0 Å². The van der Waals surface area contributed by atoms with Gasteiger partial charge >= 0.3 is 0 Å². The van der Waals surface area contributed by atoms with Gasteiger partial charge in [-0.25, -0.2) is 0 Å². The molecule has 0 saturated carbocycles. The zero-order chi connectivity index (χ0) is 11.5. The lowest BCUT2D eigenvalue weighted by atomic mass is 9.72. The van der Waals surface area contributed by atoms with E-state index in [1.807, 2.05) is 6.08 Å². The number of halogens is 1. The molecule has 1 rings (SSSR count). The molecule has 0 unspecified atom stereocenters. The van der Waals surface area contributed by atoms with E-state index >= 15 is 0 Å². The molecule has 0 aromatic carbocycles. The first-order valence-electron chi connectivity index (χ1n) is 5.44. The van der Waals surface area contributed by atoms with E-state index in [0.29, 0.717) is 0 Å². The summed E-state index contributed by atoms with van der Waals surface area (Å²) in [6, 6.07) is 0. The first-order chi connectivity index (χ1) is 6.97. The molecule has 84 valence electrons. The zero-order valence-electron chi connectivity index (χ0n) is 9.77. The molecule has 0 amide bonds. The maximum Gasteiger partial charge on any atom is 0.170 e. The van der Waals surface area contributed by atoms with Gasteiger partial charge in [-0.05, 0) is 43.3 Å². The summed E-state index contributed by atoms with van der Waals surface area (Å²) < 4.78 is 0. The highest BCUT2D eigenvalue weighted by Gasteiger charge is 2.26. The SMILES string of the molecule is CC1=C(/C=C/C(=O)CCl)C(C)(C)CCC1. The fourth-order valence-corrected chi connectivity index (χ4v) is 2.32. The molecule has 0 aromatic rings. The van der Waals surface area contributed by atoms with E-state index in [1.54, 1.807) is 6.08 Å². The van der Waals surface area contributed by atoms with Crippen molar-refractivity contribution in [2.24, 2.45) is 5.41 Å². The molecule has 0 saturated heterocycles. The quantitative estimate of drug-likeness (QED) is 0.527. The summed E-state index contributed by atoms with van der Waals surface area (Å²) in [6.45, 7) is 6.63. The van der Waals surface area contributed by atoms with Gasteiger partial charge in [0.25, 0.3) is 0 Å². The van der Waals surface area contributed by atoms with Gasteiger partial charge in [0.1, 0.15) is 0 Å². The second-order valence-electron chi connectivity index (χ2n) is 4.86. The van der Waals surface area contributed by atoms with Crippen molar-refractivity contribution < 1.29 is 4.79 Å². The van der Waals surface area contributed by atoms with E-state index in [9.17, 15) is 4.79 Å². The normalized spacial score (nSPS) is 21.1. The van der Waals surface area contributed by atoms with E-state index in [0.717, 1.165) is 6.42 Å². The number of hydrogen-bond acceptors (Lipinski definition) is 1. The first-order valence-corrected chi connectivity index (χ1v) is 5.98. The van der Waals surface area contributed by atoms with E-state index in [1.165, 1.54) is 24.0 Å². The van der Waals surface area contributed by atoms with Crippen LogP contribution >= 0.6 is 11.6 Å². The molecule has 0 N–H and O–H groups in total. The number of hydrogen-bond donors (Lipinski definition) is 0. The molecule has 0 atom stereocenters. The molecule has 0 aromatic heterocycles. The summed E-state index contributed by atoms with van der Waals surface area (Å²) in [6.07, 6.45) is 7.16. The van der Waals surface area contributed by atoms with Crippen LogP contribution in [0.4, 0.5) is 0 Å². The van der Waals surface area contributed by atoms with Gasteiger partial charge in [-0.15, -0.1) is 11.6 Å². The summed E-state index contributed by atoms with van der Waals surface area (Å²) in [5, 5.41) is 0. The van der Waals surface area contributed by atoms with Crippen molar-refractivity contribution in [3.63, 3.8) is 0 Å². The van der Waals surface area contributed by atoms with Crippen LogP contribution < -0.4 is 0 Å². The Hall–Kier alpha value is -0.560.